The second-order valence-corrected chi connectivity index (χ2v) is 6.42. The monoisotopic (exact) mass is 208 g/mol. The van der Waals surface area contributed by atoms with E-state index in [4.69, 9.17) is 0 Å². The molecule has 0 spiro atoms. The van der Waals surface area contributed by atoms with Gasteiger partial charge < -0.3 is 0 Å². The lowest BCUT2D eigenvalue weighted by Gasteiger charge is -2.29. The largest absolute Gasteiger partial charge is 0.246 e. The molecule has 1 aliphatic rings. The molecule has 0 saturated carbocycles. The molecule has 0 aromatic carbocycles. The van der Waals surface area contributed by atoms with Crippen LogP contribution in [0.1, 0.15) is 33.1 Å². The van der Waals surface area contributed by atoms with Crippen LogP contribution in [0.2, 0.25) is 0 Å². The summed E-state index contributed by atoms with van der Waals surface area (Å²) in [4.78, 5) is 0. The third kappa shape index (κ3) is 2.42. The van der Waals surface area contributed by atoms with Crippen molar-refractivity contribution in [2.75, 3.05) is 11.5 Å². The first-order chi connectivity index (χ1) is 5.90. The first-order valence-corrected chi connectivity index (χ1v) is 6.56. The van der Waals surface area contributed by atoms with Crippen LogP contribution in [0.15, 0.2) is 0 Å². The Morgan fingerprint density at radius 3 is 2.69 bits per heavy atom. The summed E-state index contributed by atoms with van der Waals surface area (Å²) in [6.45, 7) is 3.77. The molecule has 2 nitrogen and oxygen atoms in total. The minimum absolute atomic E-state index is 0.156. The molecule has 0 bridgehead atoms. The SMILES string of the molecule is CCC1(C)CCCS(=O)(=O)CC1F. The number of sulfone groups is 1. The Hall–Kier alpha value is -0.120. The minimum atomic E-state index is -3.12. The lowest BCUT2D eigenvalue weighted by molar-refractivity contribution is 0.128. The van der Waals surface area contributed by atoms with E-state index >= 15 is 0 Å². The van der Waals surface area contributed by atoms with Gasteiger partial charge in [0.05, 0.1) is 11.5 Å². The maximum Gasteiger partial charge on any atom is 0.153 e. The van der Waals surface area contributed by atoms with Crippen LogP contribution < -0.4 is 0 Å². The maximum atomic E-state index is 13.6. The van der Waals surface area contributed by atoms with E-state index in [0.717, 1.165) is 0 Å². The standard InChI is InChI=1S/C9H17FO2S/c1-3-9(2)5-4-6-13(11,12)7-8(9)10/h8H,3-7H2,1-2H3. The molecule has 4 heteroatoms. The van der Waals surface area contributed by atoms with Gasteiger partial charge in [0.2, 0.25) is 0 Å². The molecule has 1 rings (SSSR count). The van der Waals surface area contributed by atoms with E-state index in [1.165, 1.54) is 0 Å². The van der Waals surface area contributed by atoms with Gasteiger partial charge in [-0.2, -0.15) is 0 Å². The zero-order valence-corrected chi connectivity index (χ0v) is 9.03. The van der Waals surface area contributed by atoms with Crippen LogP contribution in [0.3, 0.4) is 0 Å². The molecule has 1 saturated heterocycles. The van der Waals surface area contributed by atoms with E-state index in [9.17, 15) is 12.8 Å². The number of hydrogen-bond acceptors (Lipinski definition) is 2. The van der Waals surface area contributed by atoms with Crippen LogP contribution in [0.25, 0.3) is 0 Å². The van der Waals surface area contributed by atoms with Gasteiger partial charge >= 0.3 is 0 Å². The van der Waals surface area contributed by atoms with E-state index in [1.807, 2.05) is 13.8 Å². The number of rotatable bonds is 1. The first kappa shape index (κ1) is 11.0. The molecule has 0 radical (unpaired) electrons. The lowest BCUT2D eigenvalue weighted by atomic mass is 9.79. The van der Waals surface area contributed by atoms with Crippen molar-refractivity contribution in [3.8, 4) is 0 Å². The number of hydrogen-bond donors (Lipinski definition) is 0. The summed E-state index contributed by atoms with van der Waals surface area (Å²) in [5.41, 5.74) is -0.427. The van der Waals surface area contributed by atoms with Gasteiger partial charge in [0.1, 0.15) is 6.17 Å². The third-order valence-corrected chi connectivity index (χ3v) is 4.88. The number of alkyl halides is 1. The van der Waals surface area contributed by atoms with Crippen molar-refractivity contribution in [3.63, 3.8) is 0 Å². The van der Waals surface area contributed by atoms with Crippen molar-refractivity contribution in [3.05, 3.63) is 0 Å². The Balaban J connectivity index is 2.85. The summed E-state index contributed by atoms with van der Waals surface area (Å²) in [5, 5.41) is 0. The zero-order chi connectivity index (χ0) is 10.1. The smallest absolute Gasteiger partial charge is 0.153 e. The van der Waals surface area contributed by atoms with Gasteiger partial charge in [0, 0.05) is 0 Å². The van der Waals surface area contributed by atoms with Crippen molar-refractivity contribution in [2.24, 2.45) is 5.41 Å². The molecule has 0 aromatic rings. The Morgan fingerprint density at radius 2 is 2.15 bits per heavy atom. The van der Waals surface area contributed by atoms with Crippen molar-refractivity contribution >= 4 is 9.84 Å². The normalized spacial score (nSPS) is 39.8. The third-order valence-electron chi connectivity index (χ3n) is 3.17. The molecule has 0 amide bonds. The molecular weight excluding hydrogens is 191 g/mol. The van der Waals surface area contributed by atoms with E-state index < -0.39 is 21.4 Å². The van der Waals surface area contributed by atoms with Crippen LogP contribution in [-0.4, -0.2) is 26.1 Å². The molecule has 0 N–H and O–H groups in total. The molecule has 1 heterocycles. The van der Waals surface area contributed by atoms with Crippen LogP contribution in [0, 0.1) is 5.41 Å². The van der Waals surface area contributed by atoms with E-state index in [-0.39, 0.29) is 11.5 Å². The van der Waals surface area contributed by atoms with Crippen molar-refractivity contribution in [2.45, 2.75) is 39.3 Å². The second kappa shape index (κ2) is 3.56. The molecule has 0 aromatic heterocycles. The van der Waals surface area contributed by atoms with Crippen LogP contribution in [0.4, 0.5) is 4.39 Å². The molecule has 1 aliphatic heterocycles. The minimum Gasteiger partial charge on any atom is -0.246 e. The van der Waals surface area contributed by atoms with Gasteiger partial charge in [-0.1, -0.05) is 13.8 Å². The highest BCUT2D eigenvalue weighted by atomic mass is 32.2. The topological polar surface area (TPSA) is 34.1 Å². The van der Waals surface area contributed by atoms with Gasteiger partial charge in [-0.3, -0.25) is 0 Å². The molecule has 2 unspecified atom stereocenters. The summed E-state index contributed by atoms with van der Waals surface area (Å²) in [7, 11) is -3.12. The Bertz CT molecular complexity index is 273. The average Bonchev–Trinajstić information content (AvgIpc) is 2.10. The molecule has 78 valence electrons. The summed E-state index contributed by atoms with van der Waals surface area (Å²) in [5.74, 6) is -0.125. The first-order valence-electron chi connectivity index (χ1n) is 4.74. The summed E-state index contributed by atoms with van der Waals surface area (Å²) in [6, 6.07) is 0. The van der Waals surface area contributed by atoms with Gasteiger partial charge in [0.15, 0.2) is 9.84 Å². The molecule has 2 atom stereocenters. The highest BCUT2D eigenvalue weighted by Crippen LogP contribution is 2.36. The van der Waals surface area contributed by atoms with Crippen LogP contribution >= 0.6 is 0 Å². The van der Waals surface area contributed by atoms with Gasteiger partial charge in [-0.15, -0.1) is 0 Å². The molecule has 1 fully saturated rings. The predicted octanol–water partition coefficient (Wildman–Crippen LogP) is 1.95. The predicted molar refractivity (Wildman–Crippen MR) is 51.2 cm³/mol. The highest BCUT2D eigenvalue weighted by molar-refractivity contribution is 7.91. The average molecular weight is 208 g/mol. The van der Waals surface area contributed by atoms with Gasteiger partial charge in [-0.05, 0) is 24.7 Å². The summed E-state index contributed by atoms with van der Waals surface area (Å²) in [6.07, 6.45) is 0.811. The molecular formula is C9H17FO2S. The highest BCUT2D eigenvalue weighted by Gasteiger charge is 2.38. The van der Waals surface area contributed by atoms with Crippen molar-refractivity contribution in [1.82, 2.24) is 0 Å². The van der Waals surface area contributed by atoms with Crippen LogP contribution in [0.5, 0.6) is 0 Å². The Labute approximate surface area is 79.4 Å². The van der Waals surface area contributed by atoms with Gasteiger partial charge in [-0.25, -0.2) is 12.8 Å². The quantitative estimate of drug-likeness (QED) is 0.660. The molecule has 13 heavy (non-hydrogen) atoms. The fourth-order valence-corrected chi connectivity index (χ4v) is 3.36. The second-order valence-electron chi connectivity index (χ2n) is 4.19. The van der Waals surface area contributed by atoms with E-state index in [2.05, 4.69) is 0 Å². The summed E-state index contributed by atoms with van der Waals surface area (Å²) < 4.78 is 36.1. The number of halogens is 1. The fraction of sp³-hybridized carbons (Fsp3) is 1.00. The Kier molecular flexibility index (Phi) is 3.00. The maximum absolute atomic E-state index is 13.6. The van der Waals surface area contributed by atoms with Crippen molar-refractivity contribution < 1.29 is 12.8 Å². The van der Waals surface area contributed by atoms with E-state index in [1.54, 1.807) is 0 Å². The molecule has 0 aliphatic carbocycles. The van der Waals surface area contributed by atoms with Gasteiger partial charge in [0.25, 0.3) is 0 Å². The van der Waals surface area contributed by atoms with Crippen LogP contribution in [-0.2, 0) is 9.84 Å². The van der Waals surface area contributed by atoms with E-state index in [0.29, 0.717) is 19.3 Å². The summed E-state index contributed by atoms with van der Waals surface area (Å²) >= 11 is 0. The van der Waals surface area contributed by atoms with Crippen molar-refractivity contribution in [1.29, 1.82) is 0 Å². The fourth-order valence-electron chi connectivity index (χ4n) is 1.76. The zero-order valence-electron chi connectivity index (χ0n) is 8.22. The lowest BCUT2D eigenvalue weighted by Crippen LogP contribution is -2.31. The Morgan fingerprint density at radius 1 is 1.54 bits per heavy atom.